The van der Waals surface area contributed by atoms with E-state index in [0.717, 1.165) is 5.56 Å². The van der Waals surface area contributed by atoms with Gasteiger partial charge in [0.2, 0.25) is 0 Å². The molecule has 2 atom stereocenters. The first-order valence-corrected chi connectivity index (χ1v) is 9.15. The molecule has 3 rings (SSSR count). The zero-order chi connectivity index (χ0) is 18.2. The molecule has 0 spiro atoms. The first-order chi connectivity index (χ1) is 11.8. The van der Waals surface area contributed by atoms with Gasteiger partial charge in [0.05, 0.1) is 16.5 Å². The maximum atomic E-state index is 12.6. The van der Waals surface area contributed by atoms with Crippen LogP contribution in [0.4, 0.5) is 0 Å². The normalized spacial score (nSPS) is 18.8. The van der Waals surface area contributed by atoms with Crippen molar-refractivity contribution in [2.75, 3.05) is 0 Å². The van der Waals surface area contributed by atoms with Gasteiger partial charge in [-0.15, -0.1) is 0 Å². The fourth-order valence-electron chi connectivity index (χ4n) is 2.85. The fourth-order valence-corrected chi connectivity index (χ4v) is 4.12. The summed E-state index contributed by atoms with van der Waals surface area (Å²) >= 11 is 0. The van der Waals surface area contributed by atoms with Gasteiger partial charge >= 0.3 is 0 Å². The summed E-state index contributed by atoms with van der Waals surface area (Å²) in [6.07, 6.45) is -0.924. The molecule has 1 amide bonds. The number of carbonyl (C=O) groups is 1. The van der Waals surface area contributed by atoms with Gasteiger partial charge < -0.3 is 4.74 Å². The van der Waals surface area contributed by atoms with Crippen LogP contribution in [0.2, 0.25) is 0 Å². The fraction of sp³-hybridized carbons (Fsp3) is 0.222. The van der Waals surface area contributed by atoms with Crippen molar-refractivity contribution >= 4 is 15.9 Å². The molecule has 0 saturated heterocycles. The van der Waals surface area contributed by atoms with Crippen molar-refractivity contribution in [2.24, 2.45) is 0 Å². The molecule has 0 fully saturated rings. The van der Waals surface area contributed by atoms with Gasteiger partial charge in [-0.1, -0.05) is 31.2 Å². The molecule has 7 heteroatoms. The van der Waals surface area contributed by atoms with E-state index in [1.54, 1.807) is 19.1 Å². The SMILES string of the molecule is Cc1ccc(C#N)cc1S(=O)(=O)NC(=O)[C@H]1Oc2ccccc2[C@@H]1C. The Kier molecular flexibility index (Phi) is 4.23. The molecule has 1 heterocycles. The molecule has 2 aromatic rings. The van der Waals surface area contributed by atoms with E-state index in [2.05, 4.69) is 4.72 Å². The van der Waals surface area contributed by atoms with E-state index in [4.69, 9.17) is 10.00 Å². The summed E-state index contributed by atoms with van der Waals surface area (Å²) < 4.78 is 32.8. The summed E-state index contributed by atoms with van der Waals surface area (Å²) in [7, 11) is -4.10. The Hall–Kier alpha value is -2.85. The Morgan fingerprint density at radius 1 is 1.24 bits per heavy atom. The van der Waals surface area contributed by atoms with E-state index >= 15 is 0 Å². The van der Waals surface area contributed by atoms with E-state index < -0.39 is 22.0 Å². The van der Waals surface area contributed by atoms with E-state index in [0.29, 0.717) is 11.3 Å². The molecule has 0 saturated carbocycles. The van der Waals surface area contributed by atoms with Gasteiger partial charge in [-0.2, -0.15) is 5.26 Å². The van der Waals surface area contributed by atoms with Gasteiger partial charge in [0.25, 0.3) is 15.9 Å². The van der Waals surface area contributed by atoms with Crippen LogP contribution in [0.5, 0.6) is 5.75 Å². The van der Waals surface area contributed by atoms with Gasteiger partial charge in [-0.25, -0.2) is 13.1 Å². The maximum Gasteiger partial charge on any atom is 0.275 e. The van der Waals surface area contributed by atoms with Crippen molar-refractivity contribution in [3.8, 4) is 11.8 Å². The molecule has 1 aliphatic rings. The summed E-state index contributed by atoms with van der Waals surface area (Å²) in [6, 6.07) is 13.4. The minimum absolute atomic E-state index is 0.0944. The Balaban J connectivity index is 1.85. The lowest BCUT2D eigenvalue weighted by Gasteiger charge is -2.16. The second-order valence-corrected chi connectivity index (χ2v) is 7.58. The number of rotatable bonds is 3. The Morgan fingerprint density at radius 2 is 1.96 bits per heavy atom. The van der Waals surface area contributed by atoms with Crippen molar-refractivity contribution in [3.63, 3.8) is 0 Å². The van der Waals surface area contributed by atoms with Gasteiger partial charge in [0.15, 0.2) is 6.10 Å². The van der Waals surface area contributed by atoms with E-state index in [9.17, 15) is 13.2 Å². The number of ether oxygens (including phenoxy) is 1. The zero-order valence-electron chi connectivity index (χ0n) is 13.7. The van der Waals surface area contributed by atoms with Crippen LogP contribution in [-0.4, -0.2) is 20.4 Å². The monoisotopic (exact) mass is 356 g/mol. The predicted octanol–water partition coefficient (Wildman–Crippen LogP) is 2.24. The highest BCUT2D eigenvalue weighted by atomic mass is 32.2. The lowest BCUT2D eigenvalue weighted by atomic mass is 9.97. The third kappa shape index (κ3) is 3.08. The van der Waals surface area contributed by atoms with Crippen molar-refractivity contribution in [2.45, 2.75) is 30.8 Å². The number of fused-ring (bicyclic) bond motifs is 1. The summed E-state index contributed by atoms with van der Waals surface area (Å²) in [5.74, 6) is -0.418. The molecular weight excluding hydrogens is 340 g/mol. The topological polar surface area (TPSA) is 96.3 Å². The number of hydrogen-bond acceptors (Lipinski definition) is 5. The van der Waals surface area contributed by atoms with Crippen LogP contribution < -0.4 is 9.46 Å². The van der Waals surface area contributed by atoms with Gasteiger partial charge in [0.1, 0.15) is 5.75 Å². The van der Waals surface area contributed by atoms with Crippen LogP contribution in [0.25, 0.3) is 0 Å². The Bertz CT molecular complexity index is 992. The zero-order valence-corrected chi connectivity index (χ0v) is 14.5. The van der Waals surface area contributed by atoms with Crippen molar-refractivity contribution in [1.82, 2.24) is 4.72 Å². The third-order valence-electron chi connectivity index (χ3n) is 4.22. The molecule has 0 unspecified atom stereocenters. The van der Waals surface area contributed by atoms with E-state index in [1.807, 2.05) is 25.1 Å². The Labute approximate surface area is 146 Å². The quantitative estimate of drug-likeness (QED) is 0.910. The lowest BCUT2D eigenvalue weighted by Crippen LogP contribution is -2.42. The maximum absolute atomic E-state index is 12.6. The average molecular weight is 356 g/mol. The molecule has 0 aromatic heterocycles. The minimum atomic E-state index is -4.10. The summed E-state index contributed by atoms with van der Waals surface area (Å²) in [5, 5.41) is 8.96. The van der Waals surface area contributed by atoms with Crippen LogP contribution in [-0.2, 0) is 14.8 Å². The summed E-state index contributed by atoms with van der Waals surface area (Å²) in [5.41, 5.74) is 1.52. The number of nitrogens with one attached hydrogen (secondary N) is 1. The Morgan fingerprint density at radius 3 is 2.64 bits per heavy atom. The minimum Gasteiger partial charge on any atom is -0.480 e. The molecule has 1 aliphatic heterocycles. The van der Waals surface area contributed by atoms with Crippen LogP contribution in [0.1, 0.15) is 29.5 Å². The number of para-hydroxylation sites is 1. The number of amides is 1. The van der Waals surface area contributed by atoms with Crippen LogP contribution in [0.3, 0.4) is 0 Å². The van der Waals surface area contributed by atoms with Crippen LogP contribution in [0.15, 0.2) is 47.4 Å². The highest BCUT2D eigenvalue weighted by Gasteiger charge is 2.38. The molecule has 0 aliphatic carbocycles. The second kappa shape index (κ2) is 6.22. The van der Waals surface area contributed by atoms with Crippen LogP contribution in [0, 0.1) is 18.3 Å². The average Bonchev–Trinajstić information content (AvgIpc) is 2.92. The van der Waals surface area contributed by atoms with Gasteiger partial charge in [-0.3, -0.25) is 4.79 Å². The van der Waals surface area contributed by atoms with E-state index in [1.165, 1.54) is 18.2 Å². The lowest BCUT2D eigenvalue weighted by molar-refractivity contribution is -0.126. The standard InChI is InChI=1S/C18H16N2O4S/c1-11-7-8-13(10-19)9-16(11)25(22,23)20-18(21)17-12(2)14-5-3-4-6-15(14)24-17/h3-9,12,17H,1-2H3,(H,20,21)/t12-,17-/m0/s1. The van der Waals surface area contributed by atoms with Gasteiger partial charge in [0, 0.05) is 11.5 Å². The molecule has 25 heavy (non-hydrogen) atoms. The molecule has 6 nitrogen and oxygen atoms in total. The van der Waals surface area contributed by atoms with E-state index in [-0.39, 0.29) is 16.4 Å². The highest BCUT2D eigenvalue weighted by molar-refractivity contribution is 7.90. The first kappa shape index (κ1) is 17.0. The molecule has 0 bridgehead atoms. The largest absolute Gasteiger partial charge is 0.480 e. The third-order valence-corrected chi connectivity index (χ3v) is 5.71. The number of nitrogens with zero attached hydrogens (tertiary/aromatic N) is 1. The number of aryl methyl sites for hydroxylation is 1. The highest BCUT2D eigenvalue weighted by Crippen LogP contribution is 2.37. The molecule has 128 valence electrons. The number of hydrogen-bond donors (Lipinski definition) is 1. The smallest absolute Gasteiger partial charge is 0.275 e. The van der Waals surface area contributed by atoms with Crippen molar-refractivity contribution < 1.29 is 17.9 Å². The molecule has 1 N–H and O–H groups in total. The van der Waals surface area contributed by atoms with Crippen molar-refractivity contribution in [3.05, 3.63) is 59.2 Å². The summed E-state index contributed by atoms with van der Waals surface area (Å²) in [4.78, 5) is 12.4. The number of carbonyl (C=O) groups excluding carboxylic acids is 1. The van der Waals surface area contributed by atoms with Crippen LogP contribution >= 0.6 is 0 Å². The molecule has 2 aromatic carbocycles. The molecular formula is C18H16N2O4S. The second-order valence-electron chi connectivity index (χ2n) is 5.93. The van der Waals surface area contributed by atoms with Crippen molar-refractivity contribution in [1.29, 1.82) is 5.26 Å². The molecule has 0 radical (unpaired) electrons. The number of benzene rings is 2. The number of sulfonamides is 1. The van der Waals surface area contributed by atoms with Gasteiger partial charge in [-0.05, 0) is 30.7 Å². The number of nitriles is 1. The first-order valence-electron chi connectivity index (χ1n) is 7.66. The summed E-state index contributed by atoms with van der Waals surface area (Å²) in [6.45, 7) is 3.41. The predicted molar refractivity (Wildman–Crippen MR) is 90.5 cm³/mol.